The quantitative estimate of drug-likeness (QED) is 0.528. The van der Waals surface area contributed by atoms with Crippen LogP contribution in [0.5, 0.6) is 0 Å². The number of hydrogen-bond acceptors (Lipinski definition) is 0. The molecule has 1 aliphatic rings. The van der Waals surface area contributed by atoms with E-state index >= 15 is 0 Å². The highest BCUT2D eigenvalue weighted by Gasteiger charge is 1.98. The molecule has 0 amide bonds. The van der Waals surface area contributed by atoms with Gasteiger partial charge in [-0.2, -0.15) is 0 Å². The van der Waals surface area contributed by atoms with E-state index in [1.165, 1.54) is 24.8 Å². The van der Waals surface area contributed by atoms with Crippen LogP contribution >= 0.6 is 0 Å². The second kappa shape index (κ2) is 3.49. The minimum absolute atomic E-state index is 1.16. The molecule has 1 aliphatic carbocycles. The molecule has 0 saturated heterocycles. The number of hydrogen-bond donors (Lipinski definition) is 0. The van der Waals surface area contributed by atoms with Crippen LogP contribution in [0.2, 0.25) is 0 Å². The van der Waals surface area contributed by atoms with Crippen molar-refractivity contribution in [3.8, 4) is 0 Å². The van der Waals surface area contributed by atoms with E-state index in [1.807, 2.05) is 0 Å². The van der Waals surface area contributed by atoms with E-state index in [1.54, 1.807) is 0 Å². The third kappa shape index (κ3) is 2.05. The van der Waals surface area contributed by atoms with Gasteiger partial charge in [-0.15, -0.1) is 0 Å². The van der Waals surface area contributed by atoms with Crippen LogP contribution < -0.4 is 0 Å². The third-order valence-corrected chi connectivity index (χ3v) is 1.64. The van der Waals surface area contributed by atoms with Gasteiger partial charge in [-0.05, 0) is 25.7 Å². The molecule has 0 aromatic carbocycles. The van der Waals surface area contributed by atoms with Gasteiger partial charge in [0.25, 0.3) is 0 Å². The fourth-order valence-electron chi connectivity index (χ4n) is 1.12. The molecule has 0 fully saturated rings. The zero-order valence-electron chi connectivity index (χ0n) is 6.06. The first-order valence-electron chi connectivity index (χ1n) is 3.79. The first kappa shape index (κ1) is 6.60. The van der Waals surface area contributed by atoms with Crippen molar-refractivity contribution < 1.29 is 0 Å². The highest BCUT2D eigenvalue weighted by molar-refractivity contribution is 5.21. The van der Waals surface area contributed by atoms with Gasteiger partial charge in [0.15, 0.2) is 0 Å². The van der Waals surface area contributed by atoms with Gasteiger partial charge in [0, 0.05) is 0 Å². The largest absolute Gasteiger partial charge is 0.0845 e. The smallest absolute Gasteiger partial charge is 0.0279 e. The summed E-state index contributed by atoms with van der Waals surface area (Å²) in [5.41, 5.74) is 1.54. The molecule has 0 unspecified atom stereocenters. The minimum Gasteiger partial charge on any atom is -0.0845 e. The zero-order valence-corrected chi connectivity index (χ0v) is 6.06. The van der Waals surface area contributed by atoms with Crippen LogP contribution in [-0.2, 0) is 0 Å². The van der Waals surface area contributed by atoms with Gasteiger partial charge in [-0.1, -0.05) is 30.7 Å². The van der Waals surface area contributed by atoms with Crippen molar-refractivity contribution in [2.45, 2.75) is 32.6 Å². The van der Waals surface area contributed by atoms with E-state index in [4.69, 9.17) is 0 Å². The van der Waals surface area contributed by atoms with Crippen molar-refractivity contribution in [1.29, 1.82) is 0 Å². The lowest BCUT2D eigenvalue weighted by atomic mass is 10.2. The van der Waals surface area contributed by atoms with Crippen molar-refractivity contribution >= 4 is 0 Å². The Morgan fingerprint density at radius 3 is 3.11 bits per heavy atom. The summed E-state index contributed by atoms with van der Waals surface area (Å²) < 4.78 is 0. The number of rotatable bonds is 2. The predicted molar refractivity (Wildman–Crippen MR) is 41.4 cm³/mol. The lowest BCUT2D eigenvalue weighted by Gasteiger charge is -1.87. The van der Waals surface area contributed by atoms with Crippen molar-refractivity contribution in [2.24, 2.45) is 0 Å². The van der Waals surface area contributed by atoms with Crippen LogP contribution in [0.4, 0.5) is 0 Å². The molecule has 1 rings (SSSR count). The van der Waals surface area contributed by atoms with Gasteiger partial charge in [0.1, 0.15) is 0 Å². The highest BCUT2D eigenvalue weighted by Crippen LogP contribution is 2.18. The first-order valence-corrected chi connectivity index (χ1v) is 3.79. The molecular weight excluding hydrogens is 108 g/mol. The fraction of sp³-hybridized carbons (Fsp3) is 0.556. The van der Waals surface area contributed by atoms with E-state index in [2.05, 4.69) is 25.2 Å². The molecule has 0 saturated carbocycles. The Kier molecular flexibility index (Phi) is 2.56. The van der Waals surface area contributed by atoms with Gasteiger partial charge in [-0.3, -0.25) is 0 Å². The second-order valence-electron chi connectivity index (χ2n) is 2.48. The molecule has 0 spiro atoms. The molecule has 0 bridgehead atoms. The Balaban J connectivity index is 2.34. The monoisotopic (exact) mass is 122 g/mol. The fourth-order valence-corrected chi connectivity index (χ4v) is 1.12. The van der Waals surface area contributed by atoms with Crippen LogP contribution in [0, 0.1) is 0 Å². The normalized spacial score (nSPS) is 19.0. The summed E-state index contributed by atoms with van der Waals surface area (Å²) in [4.78, 5) is 0. The Bertz CT molecular complexity index is 129. The predicted octanol–water partition coefficient (Wildman–Crippen LogP) is 3.06. The zero-order chi connectivity index (χ0) is 6.53. The van der Waals surface area contributed by atoms with Crippen LogP contribution in [0.3, 0.4) is 0 Å². The summed E-state index contributed by atoms with van der Waals surface area (Å²) in [6, 6.07) is 0. The molecule has 0 heteroatoms. The maximum Gasteiger partial charge on any atom is -0.0279 e. The SMILES string of the molecule is CC/C=C/C1=CCCC1. The van der Waals surface area contributed by atoms with Gasteiger partial charge < -0.3 is 0 Å². The minimum atomic E-state index is 1.16. The van der Waals surface area contributed by atoms with Crippen molar-refractivity contribution in [1.82, 2.24) is 0 Å². The molecule has 0 radical (unpaired) electrons. The third-order valence-electron chi connectivity index (χ3n) is 1.64. The van der Waals surface area contributed by atoms with Gasteiger partial charge in [0.2, 0.25) is 0 Å². The molecule has 0 N–H and O–H groups in total. The van der Waals surface area contributed by atoms with Gasteiger partial charge in [-0.25, -0.2) is 0 Å². The van der Waals surface area contributed by atoms with E-state index < -0.39 is 0 Å². The summed E-state index contributed by atoms with van der Waals surface area (Å²) in [5.74, 6) is 0. The number of allylic oxidation sites excluding steroid dienone is 4. The Hall–Kier alpha value is -0.520. The van der Waals surface area contributed by atoms with Crippen molar-refractivity contribution in [3.63, 3.8) is 0 Å². The lowest BCUT2D eigenvalue weighted by Crippen LogP contribution is -1.67. The standard InChI is InChI=1S/C9H14/c1-2-3-6-9-7-4-5-8-9/h3,6-7H,2,4-5,8H2,1H3/b6-3+. The Morgan fingerprint density at radius 2 is 2.56 bits per heavy atom. The first-order chi connectivity index (χ1) is 4.43. The summed E-state index contributed by atoms with van der Waals surface area (Å²) >= 11 is 0. The molecule has 0 aromatic heterocycles. The van der Waals surface area contributed by atoms with Gasteiger partial charge in [0.05, 0.1) is 0 Å². The molecule has 0 aliphatic heterocycles. The Labute approximate surface area is 57.3 Å². The molecule has 0 nitrogen and oxygen atoms in total. The summed E-state index contributed by atoms with van der Waals surface area (Å²) in [6.07, 6.45) is 12.0. The average Bonchev–Trinajstić information content (AvgIpc) is 2.34. The molecule has 50 valence electrons. The van der Waals surface area contributed by atoms with Crippen molar-refractivity contribution in [3.05, 3.63) is 23.8 Å². The highest BCUT2D eigenvalue weighted by atomic mass is 14.0. The van der Waals surface area contributed by atoms with E-state index in [-0.39, 0.29) is 0 Å². The molecule has 0 aromatic rings. The van der Waals surface area contributed by atoms with Crippen LogP contribution in [-0.4, -0.2) is 0 Å². The lowest BCUT2D eigenvalue weighted by molar-refractivity contribution is 0.915. The maximum atomic E-state index is 2.34. The maximum absolute atomic E-state index is 2.34. The van der Waals surface area contributed by atoms with Crippen molar-refractivity contribution in [2.75, 3.05) is 0 Å². The van der Waals surface area contributed by atoms with E-state index in [9.17, 15) is 0 Å². The topological polar surface area (TPSA) is 0 Å². The van der Waals surface area contributed by atoms with E-state index in [0.29, 0.717) is 0 Å². The average molecular weight is 122 g/mol. The molecule has 0 atom stereocenters. The summed E-state index contributed by atoms with van der Waals surface area (Å²) in [5, 5.41) is 0. The van der Waals surface area contributed by atoms with Crippen LogP contribution in [0.1, 0.15) is 32.6 Å². The Morgan fingerprint density at radius 1 is 1.67 bits per heavy atom. The van der Waals surface area contributed by atoms with Gasteiger partial charge >= 0.3 is 0 Å². The molecule has 0 heterocycles. The molecular formula is C9H14. The summed E-state index contributed by atoms with van der Waals surface area (Å²) in [6.45, 7) is 2.17. The van der Waals surface area contributed by atoms with Crippen LogP contribution in [0.25, 0.3) is 0 Å². The van der Waals surface area contributed by atoms with E-state index in [0.717, 1.165) is 6.42 Å². The summed E-state index contributed by atoms with van der Waals surface area (Å²) in [7, 11) is 0. The second-order valence-corrected chi connectivity index (χ2v) is 2.48. The molecule has 9 heavy (non-hydrogen) atoms. The van der Waals surface area contributed by atoms with Crippen LogP contribution in [0.15, 0.2) is 23.8 Å².